The van der Waals surface area contributed by atoms with Crippen LogP contribution in [0.1, 0.15) is 19.8 Å². The van der Waals surface area contributed by atoms with Crippen molar-refractivity contribution in [1.29, 1.82) is 0 Å². The molecule has 2 unspecified atom stereocenters. The number of rotatable bonds is 7. The van der Waals surface area contributed by atoms with Gasteiger partial charge in [-0.25, -0.2) is 9.59 Å². The Kier molecular flexibility index (Phi) is 6.58. The van der Waals surface area contributed by atoms with Crippen LogP contribution in [0.5, 0.6) is 0 Å². The van der Waals surface area contributed by atoms with Crippen LogP contribution in [0.2, 0.25) is 0 Å². The van der Waals surface area contributed by atoms with Gasteiger partial charge in [-0.15, -0.1) is 0 Å². The lowest BCUT2D eigenvalue weighted by molar-refractivity contribution is -0.149. The molecule has 1 rings (SSSR count). The Labute approximate surface area is 112 Å². The first-order chi connectivity index (χ1) is 9.04. The second-order valence-electron chi connectivity index (χ2n) is 4.47. The molecule has 1 heterocycles. The van der Waals surface area contributed by atoms with E-state index < -0.39 is 12.1 Å². The maximum atomic E-state index is 11.7. The highest BCUT2D eigenvalue weighted by atomic mass is 16.5. The summed E-state index contributed by atoms with van der Waals surface area (Å²) in [6.45, 7) is 3.88. The average molecular weight is 274 g/mol. The second kappa shape index (κ2) is 7.96. The van der Waals surface area contributed by atoms with Gasteiger partial charge in [-0.1, -0.05) is 0 Å². The molecule has 7 nitrogen and oxygen atoms in total. The van der Waals surface area contributed by atoms with E-state index in [1.165, 1.54) is 4.90 Å². The number of carbonyl (C=O) groups is 2. The Balaban J connectivity index is 2.18. The van der Waals surface area contributed by atoms with Crippen molar-refractivity contribution >= 4 is 12.0 Å². The van der Waals surface area contributed by atoms with Crippen LogP contribution >= 0.6 is 0 Å². The van der Waals surface area contributed by atoms with Crippen molar-refractivity contribution in [3.05, 3.63) is 0 Å². The Morgan fingerprint density at radius 3 is 2.79 bits per heavy atom. The van der Waals surface area contributed by atoms with E-state index >= 15 is 0 Å². The van der Waals surface area contributed by atoms with Gasteiger partial charge in [0.15, 0.2) is 6.10 Å². The van der Waals surface area contributed by atoms with Gasteiger partial charge in [-0.05, 0) is 19.8 Å². The molecular formula is C12H22N2O5. The molecule has 1 aliphatic heterocycles. The summed E-state index contributed by atoms with van der Waals surface area (Å²) in [7, 11) is 1.68. The highest BCUT2D eigenvalue weighted by Gasteiger charge is 2.30. The first-order valence-electron chi connectivity index (χ1n) is 6.49. The predicted octanol–water partition coefficient (Wildman–Crippen LogP) is 0.297. The fourth-order valence-corrected chi connectivity index (χ4v) is 1.82. The van der Waals surface area contributed by atoms with Crippen molar-refractivity contribution in [1.82, 2.24) is 10.2 Å². The maximum Gasteiger partial charge on any atom is 0.332 e. The number of hydrogen-bond donors (Lipinski definition) is 2. The molecule has 110 valence electrons. The number of likely N-dealkylation sites (N-methyl/N-ethyl adjacent to an activating group) is 1. The maximum absolute atomic E-state index is 11.7. The predicted molar refractivity (Wildman–Crippen MR) is 68.1 cm³/mol. The number of hydrogen-bond acceptors (Lipinski definition) is 4. The molecule has 0 aliphatic carbocycles. The van der Waals surface area contributed by atoms with E-state index in [9.17, 15) is 9.59 Å². The van der Waals surface area contributed by atoms with Crippen LogP contribution in [0.3, 0.4) is 0 Å². The molecule has 2 N–H and O–H groups in total. The largest absolute Gasteiger partial charge is 0.479 e. The Bertz CT molecular complexity index is 310. The fraction of sp³-hybridized carbons (Fsp3) is 0.833. The van der Waals surface area contributed by atoms with Crippen molar-refractivity contribution in [2.75, 3.05) is 33.4 Å². The molecule has 1 fully saturated rings. The SMILES string of the molecule is CCOCCN(C)C(=O)NCC1CCC(C(=O)O)O1. The number of amides is 2. The van der Waals surface area contributed by atoms with Gasteiger partial charge < -0.3 is 24.8 Å². The van der Waals surface area contributed by atoms with Crippen LogP contribution < -0.4 is 5.32 Å². The number of carbonyl (C=O) groups excluding carboxylic acids is 1. The number of carboxylic acid groups (broad SMARTS) is 1. The molecular weight excluding hydrogens is 252 g/mol. The zero-order valence-corrected chi connectivity index (χ0v) is 11.4. The van der Waals surface area contributed by atoms with Crippen LogP contribution in [0.25, 0.3) is 0 Å². The van der Waals surface area contributed by atoms with Gasteiger partial charge in [0.05, 0.1) is 12.7 Å². The molecule has 0 aromatic carbocycles. The minimum absolute atomic E-state index is 0.206. The Hall–Kier alpha value is -1.34. The summed E-state index contributed by atoms with van der Waals surface area (Å²) >= 11 is 0. The summed E-state index contributed by atoms with van der Waals surface area (Å²) in [6.07, 6.45) is 0.193. The van der Waals surface area contributed by atoms with Gasteiger partial charge in [0, 0.05) is 26.7 Å². The van der Waals surface area contributed by atoms with Crippen molar-refractivity contribution < 1.29 is 24.2 Å². The summed E-state index contributed by atoms with van der Waals surface area (Å²) in [5.41, 5.74) is 0. The summed E-state index contributed by atoms with van der Waals surface area (Å²) in [6, 6.07) is -0.206. The first kappa shape index (κ1) is 15.7. The van der Waals surface area contributed by atoms with E-state index in [-0.39, 0.29) is 12.1 Å². The van der Waals surface area contributed by atoms with Crippen molar-refractivity contribution in [3.8, 4) is 0 Å². The molecule has 0 spiro atoms. The highest BCUT2D eigenvalue weighted by molar-refractivity contribution is 5.74. The Morgan fingerprint density at radius 1 is 1.47 bits per heavy atom. The zero-order chi connectivity index (χ0) is 14.3. The fourth-order valence-electron chi connectivity index (χ4n) is 1.82. The normalized spacial score (nSPS) is 22.2. The molecule has 2 amide bonds. The highest BCUT2D eigenvalue weighted by Crippen LogP contribution is 2.19. The smallest absolute Gasteiger partial charge is 0.332 e. The lowest BCUT2D eigenvalue weighted by Gasteiger charge is -2.19. The third-order valence-electron chi connectivity index (χ3n) is 2.99. The topological polar surface area (TPSA) is 88.1 Å². The van der Waals surface area contributed by atoms with Gasteiger partial charge >= 0.3 is 12.0 Å². The molecule has 0 saturated carbocycles. The zero-order valence-electron chi connectivity index (χ0n) is 11.4. The Morgan fingerprint density at radius 2 is 2.21 bits per heavy atom. The van der Waals surface area contributed by atoms with Crippen molar-refractivity contribution in [2.45, 2.75) is 32.0 Å². The number of aliphatic carboxylic acids is 1. The van der Waals surface area contributed by atoms with Gasteiger partial charge in [-0.2, -0.15) is 0 Å². The summed E-state index contributed by atoms with van der Waals surface area (Å²) in [4.78, 5) is 23.9. The van der Waals surface area contributed by atoms with Crippen LogP contribution in [0, 0.1) is 0 Å². The molecule has 1 aliphatic rings. The van der Waals surface area contributed by atoms with Gasteiger partial charge in [0.2, 0.25) is 0 Å². The molecule has 2 atom stereocenters. The lowest BCUT2D eigenvalue weighted by Crippen LogP contribution is -2.42. The molecule has 0 aromatic heterocycles. The van der Waals surface area contributed by atoms with Crippen LogP contribution in [0.4, 0.5) is 4.79 Å². The third-order valence-corrected chi connectivity index (χ3v) is 2.99. The number of urea groups is 1. The van der Waals surface area contributed by atoms with Crippen molar-refractivity contribution in [3.63, 3.8) is 0 Å². The van der Waals surface area contributed by atoms with E-state index in [2.05, 4.69) is 5.32 Å². The summed E-state index contributed by atoms with van der Waals surface area (Å²) in [5.74, 6) is -0.942. The van der Waals surface area contributed by atoms with Gasteiger partial charge in [-0.3, -0.25) is 0 Å². The molecule has 0 radical (unpaired) electrons. The number of ether oxygens (including phenoxy) is 2. The molecule has 0 aromatic rings. The first-order valence-corrected chi connectivity index (χ1v) is 6.49. The average Bonchev–Trinajstić information content (AvgIpc) is 2.85. The summed E-state index contributed by atoms with van der Waals surface area (Å²) in [5, 5.41) is 11.5. The number of carboxylic acids is 1. The number of nitrogens with one attached hydrogen (secondary N) is 1. The van der Waals surface area contributed by atoms with Crippen LogP contribution in [-0.2, 0) is 14.3 Å². The van der Waals surface area contributed by atoms with E-state index in [0.717, 1.165) is 0 Å². The van der Waals surface area contributed by atoms with Crippen LogP contribution in [0.15, 0.2) is 0 Å². The quantitative estimate of drug-likeness (QED) is 0.652. The summed E-state index contributed by atoms with van der Waals surface area (Å²) < 4.78 is 10.5. The van der Waals surface area contributed by atoms with Crippen molar-refractivity contribution in [2.24, 2.45) is 0 Å². The van der Waals surface area contributed by atoms with E-state index in [4.69, 9.17) is 14.6 Å². The second-order valence-corrected chi connectivity index (χ2v) is 4.47. The number of nitrogens with zero attached hydrogens (tertiary/aromatic N) is 1. The van der Waals surface area contributed by atoms with Gasteiger partial charge in [0.1, 0.15) is 0 Å². The minimum atomic E-state index is -0.942. The molecule has 1 saturated heterocycles. The molecule has 0 bridgehead atoms. The monoisotopic (exact) mass is 274 g/mol. The van der Waals surface area contributed by atoms with E-state index in [1.54, 1.807) is 7.05 Å². The third kappa shape index (κ3) is 5.44. The minimum Gasteiger partial charge on any atom is -0.479 e. The lowest BCUT2D eigenvalue weighted by atomic mass is 10.2. The van der Waals surface area contributed by atoms with E-state index in [1.807, 2.05) is 6.92 Å². The molecule has 19 heavy (non-hydrogen) atoms. The van der Waals surface area contributed by atoms with Crippen LogP contribution in [-0.4, -0.2) is 67.6 Å². The standard InChI is InChI=1S/C12H22N2O5/c1-3-18-7-6-14(2)12(17)13-8-9-4-5-10(19-9)11(15)16/h9-10H,3-8H2,1-2H3,(H,13,17)(H,15,16). The van der Waals surface area contributed by atoms with Gasteiger partial charge in [0.25, 0.3) is 0 Å². The van der Waals surface area contributed by atoms with E-state index in [0.29, 0.717) is 39.1 Å². The molecule has 7 heteroatoms.